The number of likely N-dealkylation sites (tertiary alicyclic amines) is 1. The Bertz CT molecular complexity index is 427. The second-order valence-electron chi connectivity index (χ2n) is 5.67. The lowest BCUT2D eigenvalue weighted by atomic mass is 9.97. The van der Waals surface area contributed by atoms with Gasteiger partial charge in [-0.3, -0.25) is 4.79 Å². The van der Waals surface area contributed by atoms with Crippen LogP contribution in [0.2, 0.25) is 0 Å². The number of nitrogen functional groups attached to an aromatic ring is 1. The molecule has 1 fully saturated rings. The smallest absolute Gasteiger partial charge is 0.223 e. The molecule has 1 saturated heterocycles. The molecule has 1 aliphatic rings. The molecule has 1 amide bonds. The molecule has 2 rings (SSSR count). The number of hydrogen-bond acceptors (Lipinski definition) is 2. The Hall–Kier alpha value is -1.51. The molecule has 0 aliphatic carbocycles. The van der Waals surface area contributed by atoms with E-state index in [2.05, 4.69) is 13.8 Å². The summed E-state index contributed by atoms with van der Waals surface area (Å²) < 4.78 is 0. The molecule has 0 saturated carbocycles. The van der Waals surface area contributed by atoms with Gasteiger partial charge in [0.05, 0.1) is 0 Å². The van der Waals surface area contributed by atoms with E-state index in [0.29, 0.717) is 18.2 Å². The summed E-state index contributed by atoms with van der Waals surface area (Å²) in [6.07, 6.45) is 2.94. The molecule has 3 heteroatoms. The minimum atomic E-state index is 0.258. The Morgan fingerprint density at radius 3 is 2.68 bits per heavy atom. The van der Waals surface area contributed by atoms with Crippen LogP contribution in [0.15, 0.2) is 24.3 Å². The third kappa shape index (κ3) is 3.49. The second-order valence-corrected chi connectivity index (χ2v) is 5.67. The van der Waals surface area contributed by atoms with E-state index in [9.17, 15) is 4.79 Å². The van der Waals surface area contributed by atoms with Crippen LogP contribution in [-0.2, 0) is 4.79 Å². The number of hydrogen-bond donors (Lipinski definition) is 1. The summed E-state index contributed by atoms with van der Waals surface area (Å²) in [5.74, 6) is 1.25. The van der Waals surface area contributed by atoms with E-state index in [0.717, 1.165) is 18.8 Å². The molecule has 1 heterocycles. The van der Waals surface area contributed by atoms with Gasteiger partial charge in [0.25, 0.3) is 0 Å². The largest absolute Gasteiger partial charge is 0.399 e. The summed E-state index contributed by atoms with van der Waals surface area (Å²) in [7, 11) is 0. The van der Waals surface area contributed by atoms with Crippen molar-refractivity contribution < 1.29 is 4.79 Å². The molecule has 2 atom stereocenters. The van der Waals surface area contributed by atoms with Gasteiger partial charge in [-0.15, -0.1) is 0 Å². The van der Waals surface area contributed by atoms with Crippen LogP contribution in [0.5, 0.6) is 0 Å². The maximum absolute atomic E-state index is 12.3. The Balaban J connectivity index is 1.90. The van der Waals surface area contributed by atoms with Crippen LogP contribution < -0.4 is 5.73 Å². The van der Waals surface area contributed by atoms with Gasteiger partial charge in [0, 0.05) is 25.2 Å². The molecule has 19 heavy (non-hydrogen) atoms. The average Bonchev–Trinajstić information content (AvgIpc) is 2.88. The molecule has 1 aromatic rings. The Kier molecular flexibility index (Phi) is 4.46. The van der Waals surface area contributed by atoms with E-state index in [1.165, 1.54) is 18.4 Å². The number of carbonyl (C=O) groups is 1. The van der Waals surface area contributed by atoms with Crippen LogP contribution in [0.3, 0.4) is 0 Å². The van der Waals surface area contributed by atoms with E-state index < -0.39 is 0 Å². The molecule has 0 radical (unpaired) electrons. The van der Waals surface area contributed by atoms with Crippen molar-refractivity contribution in [3.8, 4) is 0 Å². The van der Waals surface area contributed by atoms with E-state index in [1.807, 2.05) is 29.2 Å². The first-order valence-electron chi connectivity index (χ1n) is 7.23. The molecule has 0 aromatic heterocycles. The zero-order valence-electron chi connectivity index (χ0n) is 11.9. The number of amides is 1. The zero-order chi connectivity index (χ0) is 13.8. The monoisotopic (exact) mass is 260 g/mol. The Labute approximate surface area is 115 Å². The van der Waals surface area contributed by atoms with Crippen LogP contribution in [0, 0.1) is 5.92 Å². The van der Waals surface area contributed by atoms with Crippen molar-refractivity contribution in [2.24, 2.45) is 5.92 Å². The van der Waals surface area contributed by atoms with Crippen LogP contribution in [0.1, 0.15) is 44.6 Å². The van der Waals surface area contributed by atoms with Gasteiger partial charge in [0.1, 0.15) is 0 Å². The van der Waals surface area contributed by atoms with Gasteiger partial charge in [-0.25, -0.2) is 0 Å². The molecule has 104 valence electrons. The van der Waals surface area contributed by atoms with E-state index in [-0.39, 0.29) is 5.92 Å². The highest BCUT2D eigenvalue weighted by molar-refractivity contribution is 5.77. The topological polar surface area (TPSA) is 46.3 Å². The average molecular weight is 260 g/mol. The Morgan fingerprint density at radius 1 is 1.42 bits per heavy atom. The molecule has 0 bridgehead atoms. The summed E-state index contributed by atoms with van der Waals surface area (Å²) in [5.41, 5.74) is 7.64. The van der Waals surface area contributed by atoms with Crippen molar-refractivity contribution in [1.29, 1.82) is 0 Å². The molecular formula is C16H24N2O. The summed E-state index contributed by atoms with van der Waals surface area (Å²) in [5, 5.41) is 0. The van der Waals surface area contributed by atoms with Crippen LogP contribution in [0.4, 0.5) is 5.69 Å². The summed E-state index contributed by atoms with van der Waals surface area (Å²) in [6, 6.07) is 7.84. The zero-order valence-corrected chi connectivity index (χ0v) is 11.9. The first kappa shape index (κ1) is 13.9. The van der Waals surface area contributed by atoms with Crippen LogP contribution in [0.25, 0.3) is 0 Å². The van der Waals surface area contributed by atoms with Gasteiger partial charge in [0.15, 0.2) is 0 Å². The number of nitrogens with zero attached hydrogens (tertiary/aromatic N) is 1. The van der Waals surface area contributed by atoms with Crippen molar-refractivity contribution >= 4 is 11.6 Å². The highest BCUT2D eigenvalue weighted by Crippen LogP contribution is 2.24. The van der Waals surface area contributed by atoms with E-state index in [4.69, 9.17) is 5.73 Å². The minimum Gasteiger partial charge on any atom is -0.399 e. The predicted molar refractivity (Wildman–Crippen MR) is 78.9 cm³/mol. The molecule has 2 N–H and O–H groups in total. The number of anilines is 1. The van der Waals surface area contributed by atoms with E-state index >= 15 is 0 Å². The summed E-state index contributed by atoms with van der Waals surface area (Å²) in [4.78, 5) is 14.3. The Morgan fingerprint density at radius 2 is 2.11 bits per heavy atom. The van der Waals surface area contributed by atoms with Gasteiger partial charge in [-0.05, 0) is 36.0 Å². The van der Waals surface area contributed by atoms with Crippen molar-refractivity contribution in [2.45, 2.75) is 39.0 Å². The normalized spacial score (nSPS) is 20.5. The van der Waals surface area contributed by atoms with Gasteiger partial charge in [-0.2, -0.15) is 0 Å². The standard InChI is InChI=1S/C16H24N2O/c1-3-13-8-9-18(11-13)16(19)10-12(2)14-4-6-15(17)7-5-14/h4-7,12-13H,3,8-11,17H2,1-2H3. The van der Waals surface area contributed by atoms with Crippen molar-refractivity contribution in [3.63, 3.8) is 0 Å². The van der Waals surface area contributed by atoms with Crippen molar-refractivity contribution in [3.05, 3.63) is 29.8 Å². The summed E-state index contributed by atoms with van der Waals surface area (Å²) >= 11 is 0. The lowest BCUT2D eigenvalue weighted by Gasteiger charge is -2.19. The third-order valence-corrected chi connectivity index (χ3v) is 4.20. The predicted octanol–water partition coefficient (Wildman–Crippen LogP) is 3.02. The highest BCUT2D eigenvalue weighted by atomic mass is 16.2. The molecular weight excluding hydrogens is 236 g/mol. The molecule has 3 nitrogen and oxygen atoms in total. The van der Waals surface area contributed by atoms with Crippen molar-refractivity contribution in [1.82, 2.24) is 4.90 Å². The van der Waals surface area contributed by atoms with Crippen LogP contribution >= 0.6 is 0 Å². The fourth-order valence-corrected chi connectivity index (χ4v) is 2.73. The fraction of sp³-hybridized carbons (Fsp3) is 0.562. The lowest BCUT2D eigenvalue weighted by Crippen LogP contribution is -2.29. The van der Waals surface area contributed by atoms with E-state index in [1.54, 1.807) is 0 Å². The van der Waals surface area contributed by atoms with Gasteiger partial charge >= 0.3 is 0 Å². The third-order valence-electron chi connectivity index (χ3n) is 4.20. The molecule has 1 aromatic carbocycles. The molecule has 1 aliphatic heterocycles. The number of nitrogens with two attached hydrogens (primary N) is 1. The van der Waals surface area contributed by atoms with Crippen molar-refractivity contribution in [2.75, 3.05) is 18.8 Å². The second kappa shape index (κ2) is 6.09. The molecule has 2 unspecified atom stereocenters. The molecule has 0 spiro atoms. The quantitative estimate of drug-likeness (QED) is 0.846. The minimum absolute atomic E-state index is 0.258. The van der Waals surface area contributed by atoms with Gasteiger partial charge in [-0.1, -0.05) is 32.4 Å². The van der Waals surface area contributed by atoms with Gasteiger partial charge in [0.2, 0.25) is 5.91 Å². The number of rotatable bonds is 4. The van der Waals surface area contributed by atoms with Gasteiger partial charge < -0.3 is 10.6 Å². The maximum Gasteiger partial charge on any atom is 0.223 e. The first-order valence-corrected chi connectivity index (χ1v) is 7.23. The highest BCUT2D eigenvalue weighted by Gasteiger charge is 2.25. The maximum atomic E-state index is 12.3. The number of carbonyl (C=O) groups excluding carboxylic acids is 1. The van der Waals surface area contributed by atoms with Crippen LogP contribution in [-0.4, -0.2) is 23.9 Å². The summed E-state index contributed by atoms with van der Waals surface area (Å²) in [6.45, 7) is 6.20. The first-order chi connectivity index (χ1) is 9.10. The lowest BCUT2D eigenvalue weighted by molar-refractivity contribution is -0.130. The SMILES string of the molecule is CCC1CCN(C(=O)CC(C)c2ccc(N)cc2)C1. The number of benzene rings is 1. The fourth-order valence-electron chi connectivity index (χ4n) is 2.73.